The van der Waals surface area contributed by atoms with Gasteiger partial charge in [0.2, 0.25) is 0 Å². The lowest BCUT2D eigenvalue weighted by atomic mass is 9.77. The fourth-order valence-corrected chi connectivity index (χ4v) is 4.52. The number of hydrogen-bond acceptors (Lipinski definition) is 5. The smallest absolute Gasteiger partial charge is 0.422 e. The first-order valence-corrected chi connectivity index (χ1v) is 11.4. The van der Waals surface area contributed by atoms with Crippen molar-refractivity contribution in [3.05, 3.63) is 82.1 Å². The van der Waals surface area contributed by atoms with Crippen LogP contribution < -0.4 is 14.4 Å². The van der Waals surface area contributed by atoms with Crippen LogP contribution in [0.4, 0.5) is 23.2 Å². The van der Waals surface area contributed by atoms with Crippen LogP contribution in [0.25, 0.3) is 0 Å². The summed E-state index contributed by atoms with van der Waals surface area (Å²) < 4.78 is 68.0. The number of benzene rings is 3. The molecular weight excluding hydrogens is 534 g/mol. The van der Waals surface area contributed by atoms with Crippen molar-refractivity contribution in [2.75, 3.05) is 18.6 Å². The van der Waals surface area contributed by atoms with E-state index in [-0.39, 0.29) is 46.0 Å². The lowest BCUT2D eigenvalue weighted by Gasteiger charge is -2.38. The number of carboxylic acid groups (broad SMARTS) is 1. The molecule has 0 aliphatic carbocycles. The summed E-state index contributed by atoms with van der Waals surface area (Å²) in [4.78, 5) is 24.0. The van der Waals surface area contributed by atoms with Gasteiger partial charge in [0, 0.05) is 24.1 Å². The molecule has 38 heavy (non-hydrogen) atoms. The summed E-state index contributed by atoms with van der Waals surface area (Å²) in [5.74, 6) is -4.50. The monoisotopic (exact) mass is 553 g/mol. The van der Waals surface area contributed by atoms with Crippen LogP contribution in [-0.4, -0.2) is 41.9 Å². The minimum atomic E-state index is -5.14. The average Bonchev–Trinajstić information content (AvgIpc) is 2.84. The van der Waals surface area contributed by atoms with Crippen LogP contribution in [0.3, 0.4) is 0 Å². The van der Waals surface area contributed by atoms with E-state index in [1.807, 2.05) is 0 Å². The van der Waals surface area contributed by atoms with Gasteiger partial charge in [-0.3, -0.25) is 4.79 Å². The van der Waals surface area contributed by atoms with Gasteiger partial charge in [0.15, 0.2) is 12.2 Å². The second-order valence-electron chi connectivity index (χ2n) is 8.64. The number of carbonyl (C=O) groups is 2. The van der Waals surface area contributed by atoms with Gasteiger partial charge in [-0.1, -0.05) is 30.7 Å². The van der Waals surface area contributed by atoms with Crippen molar-refractivity contribution in [1.82, 2.24) is 0 Å². The summed E-state index contributed by atoms with van der Waals surface area (Å²) in [6.45, 7) is 0.800. The van der Waals surface area contributed by atoms with Gasteiger partial charge >= 0.3 is 12.1 Å². The minimum Gasteiger partial charge on any atom is -0.482 e. The molecule has 1 aliphatic rings. The van der Waals surface area contributed by atoms with Crippen molar-refractivity contribution in [1.29, 1.82) is 0 Å². The molecule has 3 aromatic rings. The van der Waals surface area contributed by atoms with Crippen LogP contribution in [0.1, 0.15) is 34.3 Å². The molecule has 0 aromatic heterocycles. The Morgan fingerprint density at radius 3 is 2.37 bits per heavy atom. The van der Waals surface area contributed by atoms with Gasteiger partial charge in [-0.25, -0.2) is 9.18 Å². The van der Waals surface area contributed by atoms with Crippen LogP contribution in [0, 0.1) is 5.82 Å². The molecule has 3 aromatic carbocycles. The Kier molecular flexibility index (Phi) is 7.02. The molecule has 1 heterocycles. The van der Waals surface area contributed by atoms with E-state index in [0.717, 1.165) is 31.2 Å². The molecule has 0 unspecified atom stereocenters. The number of ether oxygens (including phenoxy) is 2. The van der Waals surface area contributed by atoms with Crippen molar-refractivity contribution in [3.8, 4) is 17.2 Å². The van der Waals surface area contributed by atoms with Crippen LogP contribution in [0.15, 0.2) is 54.6 Å². The first-order valence-electron chi connectivity index (χ1n) is 11.1. The van der Waals surface area contributed by atoms with Crippen LogP contribution in [0.5, 0.6) is 17.2 Å². The SMILES string of the molecule is C[C@H](c1ccc(Oc2ccc(C(=O)O)c(F)c2)cc1Cl)[C@@](O)(c1ccc2c(c1)OCC(=O)N2C)C(F)(F)F. The molecule has 2 N–H and O–H groups in total. The maximum atomic E-state index is 14.4. The minimum absolute atomic E-state index is 0.00969. The maximum Gasteiger partial charge on any atom is 0.422 e. The van der Waals surface area contributed by atoms with E-state index in [9.17, 15) is 32.3 Å². The first kappa shape index (κ1) is 27.2. The van der Waals surface area contributed by atoms with Gasteiger partial charge in [-0.2, -0.15) is 13.2 Å². The Morgan fingerprint density at radius 1 is 1.11 bits per heavy atom. The van der Waals surface area contributed by atoms with Gasteiger partial charge in [0.25, 0.3) is 5.91 Å². The zero-order valence-electron chi connectivity index (χ0n) is 19.8. The van der Waals surface area contributed by atoms with Gasteiger partial charge in [-0.05, 0) is 47.5 Å². The third-order valence-electron chi connectivity index (χ3n) is 6.39. The van der Waals surface area contributed by atoms with Crippen molar-refractivity contribution in [2.45, 2.75) is 24.6 Å². The highest BCUT2D eigenvalue weighted by molar-refractivity contribution is 6.31. The Hall–Kier alpha value is -3.83. The van der Waals surface area contributed by atoms with Crippen LogP contribution in [0.2, 0.25) is 5.02 Å². The highest BCUT2D eigenvalue weighted by Gasteiger charge is 2.59. The second-order valence-corrected chi connectivity index (χ2v) is 9.05. The van der Waals surface area contributed by atoms with Gasteiger partial charge in [0.1, 0.15) is 23.1 Å². The van der Waals surface area contributed by atoms with Gasteiger partial charge in [0.05, 0.1) is 11.3 Å². The quantitative estimate of drug-likeness (QED) is 0.370. The molecule has 12 heteroatoms. The number of hydrogen-bond donors (Lipinski definition) is 2. The zero-order valence-corrected chi connectivity index (χ0v) is 20.6. The van der Waals surface area contributed by atoms with E-state index in [4.69, 9.17) is 26.2 Å². The first-order chi connectivity index (χ1) is 17.7. The molecule has 7 nitrogen and oxygen atoms in total. The number of carbonyl (C=O) groups excluding carboxylic acids is 1. The predicted molar refractivity (Wildman–Crippen MR) is 129 cm³/mol. The fraction of sp³-hybridized carbons (Fsp3) is 0.231. The molecule has 0 saturated heterocycles. The number of amides is 1. The van der Waals surface area contributed by atoms with Crippen molar-refractivity contribution in [2.24, 2.45) is 0 Å². The number of anilines is 1. The largest absolute Gasteiger partial charge is 0.482 e. The van der Waals surface area contributed by atoms with Gasteiger partial charge in [-0.15, -0.1) is 0 Å². The van der Waals surface area contributed by atoms with Gasteiger partial charge < -0.3 is 24.6 Å². The number of rotatable bonds is 6. The van der Waals surface area contributed by atoms with E-state index in [2.05, 4.69) is 0 Å². The summed E-state index contributed by atoms with van der Waals surface area (Å²) in [7, 11) is 1.46. The number of carboxylic acids is 1. The van der Waals surface area contributed by atoms with Crippen LogP contribution >= 0.6 is 11.6 Å². The zero-order chi connectivity index (χ0) is 28.0. The van der Waals surface area contributed by atoms with E-state index in [0.29, 0.717) is 0 Å². The summed E-state index contributed by atoms with van der Waals surface area (Å²) in [6, 6.07) is 10.2. The van der Waals surface area contributed by atoms with Crippen LogP contribution in [-0.2, 0) is 10.4 Å². The lowest BCUT2D eigenvalue weighted by Crippen LogP contribution is -2.46. The molecule has 0 spiro atoms. The summed E-state index contributed by atoms with van der Waals surface area (Å²) in [5, 5.41) is 19.9. The number of aliphatic hydroxyl groups is 1. The highest BCUT2D eigenvalue weighted by Crippen LogP contribution is 2.51. The number of alkyl halides is 3. The number of likely N-dealkylation sites (N-methyl/N-ethyl adjacent to an activating group) is 1. The Labute approximate surface area is 218 Å². The van der Waals surface area contributed by atoms with Crippen molar-refractivity contribution >= 4 is 29.2 Å². The van der Waals surface area contributed by atoms with Crippen molar-refractivity contribution in [3.63, 3.8) is 0 Å². The summed E-state index contributed by atoms with van der Waals surface area (Å²) in [6.07, 6.45) is -5.14. The average molecular weight is 554 g/mol. The number of aromatic carboxylic acids is 1. The Morgan fingerprint density at radius 2 is 1.76 bits per heavy atom. The molecule has 2 atom stereocenters. The standard InChI is InChI=1S/C26H20ClF4NO6/c1-13(17-6-4-15(10-19(17)27)38-16-5-7-18(24(34)35)20(28)11-16)25(36,26(29,30)31)14-3-8-21-22(9-14)37-12-23(33)32(21)2/h3-11,13,36H,12H2,1-2H3,(H,34,35)/t13-,25-/m1/s1. The number of nitrogens with zero attached hydrogens (tertiary/aromatic N) is 1. The molecular formula is C26H20ClF4NO6. The molecule has 0 saturated carbocycles. The highest BCUT2D eigenvalue weighted by atomic mass is 35.5. The van der Waals surface area contributed by atoms with E-state index in [1.165, 1.54) is 42.3 Å². The molecule has 0 bridgehead atoms. The molecule has 0 radical (unpaired) electrons. The summed E-state index contributed by atoms with van der Waals surface area (Å²) in [5.41, 5.74) is -4.26. The Balaban J connectivity index is 1.67. The van der Waals surface area contributed by atoms with E-state index in [1.54, 1.807) is 0 Å². The molecule has 200 valence electrons. The molecule has 1 aliphatic heterocycles. The Bertz CT molecular complexity index is 1430. The number of halogens is 5. The molecule has 0 fully saturated rings. The van der Waals surface area contributed by atoms with E-state index < -0.39 is 40.6 Å². The molecule has 1 amide bonds. The normalized spacial score (nSPS) is 15.8. The lowest BCUT2D eigenvalue weighted by molar-refractivity contribution is -0.274. The molecule has 4 rings (SSSR count). The predicted octanol–water partition coefficient (Wildman–Crippen LogP) is 5.88. The topological polar surface area (TPSA) is 96.3 Å². The summed E-state index contributed by atoms with van der Waals surface area (Å²) >= 11 is 6.30. The third kappa shape index (κ3) is 4.74. The number of fused-ring (bicyclic) bond motifs is 1. The maximum absolute atomic E-state index is 14.4. The second kappa shape index (κ2) is 9.80. The van der Waals surface area contributed by atoms with Crippen molar-refractivity contribution < 1.29 is 46.8 Å². The fourth-order valence-electron chi connectivity index (χ4n) is 4.19. The van der Waals surface area contributed by atoms with E-state index >= 15 is 0 Å². The third-order valence-corrected chi connectivity index (χ3v) is 6.72.